The number of rotatable bonds is 58. The Morgan fingerprint density at radius 1 is 0.353 bits per heavy atom. The molecule has 0 aromatic heterocycles. The molecule has 0 aliphatic carbocycles. The van der Waals surface area contributed by atoms with Gasteiger partial charge in [-0.2, -0.15) is 0 Å². The number of aliphatic hydroxyl groups is 3. The maximum absolute atomic E-state index is 12.6. The van der Waals surface area contributed by atoms with Crippen LogP contribution in [0.15, 0.2) is 24.3 Å². The highest BCUT2D eigenvalue weighted by Gasteiger charge is 2.22. The van der Waals surface area contributed by atoms with Crippen LogP contribution in [0.25, 0.3) is 0 Å². The molecule has 1 amide bonds. The number of hydrogen-bond acceptors (Lipinski definition) is 4. The monoisotopic (exact) mass is 958 g/mol. The van der Waals surface area contributed by atoms with E-state index in [4.69, 9.17) is 0 Å². The molecule has 68 heavy (non-hydrogen) atoms. The fraction of sp³-hybridized carbons (Fsp3) is 0.921. The maximum Gasteiger partial charge on any atom is 0.249 e. The molecule has 3 atom stereocenters. The van der Waals surface area contributed by atoms with Crippen LogP contribution >= 0.6 is 0 Å². The zero-order valence-corrected chi connectivity index (χ0v) is 46.3. The van der Waals surface area contributed by atoms with Crippen LogP contribution in [0.4, 0.5) is 0 Å². The van der Waals surface area contributed by atoms with E-state index in [9.17, 15) is 20.1 Å². The van der Waals surface area contributed by atoms with Gasteiger partial charge in [0.25, 0.3) is 0 Å². The Balaban J connectivity index is 3.52. The minimum Gasteiger partial charge on any atom is -0.394 e. The van der Waals surface area contributed by atoms with E-state index in [1.807, 2.05) is 6.08 Å². The van der Waals surface area contributed by atoms with Crippen LogP contribution in [0, 0.1) is 0 Å². The Morgan fingerprint density at radius 2 is 0.603 bits per heavy atom. The Morgan fingerprint density at radius 3 is 0.897 bits per heavy atom. The molecule has 0 aromatic carbocycles. The Bertz CT molecular complexity index is 1010. The smallest absolute Gasteiger partial charge is 0.249 e. The van der Waals surface area contributed by atoms with Crippen molar-refractivity contribution in [3.63, 3.8) is 0 Å². The second-order valence-electron chi connectivity index (χ2n) is 21.6. The number of carbonyl (C=O) groups is 1. The minimum atomic E-state index is -1.10. The second-order valence-corrected chi connectivity index (χ2v) is 21.6. The summed E-state index contributed by atoms with van der Waals surface area (Å²) in [6.07, 6.45) is 75.8. The number of amides is 1. The Labute approximate surface area is 426 Å². The van der Waals surface area contributed by atoms with Gasteiger partial charge in [-0.15, -0.1) is 0 Å². The molecule has 0 radical (unpaired) electrons. The lowest BCUT2D eigenvalue weighted by Gasteiger charge is -2.21. The summed E-state index contributed by atoms with van der Waals surface area (Å²) in [5.41, 5.74) is 0. The Hall–Kier alpha value is -1.17. The van der Waals surface area contributed by atoms with Crippen LogP contribution in [0.5, 0.6) is 0 Å². The molecule has 0 rings (SSSR count). The van der Waals surface area contributed by atoms with Gasteiger partial charge in [-0.1, -0.05) is 340 Å². The van der Waals surface area contributed by atoms with Gasteiger partial charge in [0.05, 0.1) is 18.8 Å². The number of unbranched alkanes of at least 4 members (excludes halogenated alkanes) is 48. The minimum absolute atomic E-state index is 0.372. The molecule has 3 unspecified atom stereocenters. The van der Waals surface area contributed by atoms with Gasteiger partial charge in [-0.05, 0) is 32.1 Å². The lowest BCUT2D eigenvalue weighted by Crippen LogP contribution is -2.48. The summed E-state index contributed by atoms with van der Waals surface area (Å²) >= 11 is 0. The highest BCUT2D eigenvalue weighted by molar-refractivity contribution is 5.80. The highest BCUT2D eigenvalue weighted by atomic mass is 16.3. The molecule has 0 fully saturated rings. The van der Waals surface area contributed by atoms with Crippen molar-refractivity contribution in [2.24, 2.45) is 0 Å². The number of carbonyl (C=O) groups excluding carboxylic acids is 1. The van der Waals surface area contributed by atoms with Crippen molar-refractivity contribution in [2.75, 3.05) is 6.61 Å². The third kappa shape index (κ3) is 52.6. The third-order valence-corrected chi connectivity index (χ3v) is 14.8. The Kier molecular flexibility index (Phi) is 57.4. The third-order valence-electron chi connectivity index (χ3n) is 14.8. The van der Waals surface area contributed by atoms with Crippen molar-refractivity contribution in [1.29, 1.82) is 0 Å². The van der Waals surface area contributed by atoms with E-state index in [2.05, 4.69) is 31.3 Å². The van der Waals surface area contributed by atoms with Crippen molar-refractivity contribution in [2.45, 2.75) is 366 Å². The first kappa shape index (κ1) is 66.8. The summed E-state index contributed by atoms with van der Waals surface area (Å²) in [7, 11) is 0. The van der Waals surface area contributed by atoms with E-state index in [0.29, 0.717) is 6.42 Å². The van der Waals surface area contributed by atoms with Crippen LogP contribution in [-0.4, -0.2) is 46.1 Å². The quantitative estimate of drug-likeness (QED) is 0.0361. The summed E-state index contributed by atoms with van der Waals surface area (Å²) < 4.78 is 0. The van der Waals surface area contributed by atoms with Gasteiger partial charge < -0.3 is 20.6 Å². The molecule has 0 aliphatic heterocycles. The van der Waals surface area contributed by atoms with Gasteiger partial charge in [0.1, 0.15) is 6.10 Å². The first-order valence-electron chi connectivity index (χ1n) is 31.2. The van der Waals surface area contributed by atoms with Crippen molar-refractivity contribution in [3.8, 4) is 0 Å². The molecule has 0 aliphatic rings. The summed E-state index contributed by atoms with van der Waals surface area (Å²) in [5.74, 6) is -0.505. The topological polar surface area (TPSA) is 89.8 Å². The predicted molar refractivity (Wildman–Crippen MR) is 301 cm³/mol. The molecule has 5 nitrogen and oxygen atoms in total. The van der Waals surface area contributed by atoms with Crippen LogP contribution in [0.2, 0.25) is 0 Å². The molecule has 0 aromatic rings. The molecule has 404 valence electrons. The first-order chi connectivity index (χ1) is 33.6. The summed E-state index contributed by atoms with van der Waals surface area (Å²) in [6, 6.07) is -0.813. The zero-order chi connectivity index (χ0) is 49.3. The van der Waals surface area contributed by atoms with Crippen molar-refractivity contribution < 1.29 is 20.1 Å². The van der Waals surface area contributed by atoms with E-state index in [0.717, 1.165) is 38.5 Å². The number of aliphatic hydroxyl groups excluding tert-OH is 3. The average Bonchev–Trinajstić information content (AvgIpc) is 3.34. The van der Waals surface area contributed by atoms with E-state index < -0.39 is 24.2 Å². The number of nitrogens with one attached hydrogen (secondary N) is 1. The summed E-state index contributed by atoms with van der Waals surface area (Å²) in [6.45, 7) is 4.22. The van der Waals surface area contributed by atoms with Crippen LogP contribution < -0.4 is 5.32 Å². The largest absolute Gasteiger partial charge is 0.394 e. The van der Waals surface area contributed by atoms with Crippen molar-refractivity contribution in [1.82, 2.24) is 5.32 Å². The van der Waals surface area contributed by atoms with E-state index in [1.54, 1.807) is 6.08 Å². The molecule has 0 spiro atoms. The fourth-order valence-electron chi connectivity index (χ4n) is 9.97. The molecule has 0 bridgehead atoms. The van der Waals surface area contributed by atoms with Crippen LogP contribution in [0.1, 0.15) is 348 Å². The zero-order valence-electron chi connectivity index (χ0n) is 46.3. The van der Waals surface area contributed by atoms with E-state index in [1.165, 1.54) is 289 Å². The van der Waals surface area contributed by atoms with E-state index >= 15 is 0 Å². The highest BCUT2D eigenvalue weighted by Crippen LogP contribution is 2.19. The SMILES string of the molecule is CCCCCCCCCCCCCCCCCCC/C=C/CC/C=C/C(O)C(CO)NC(=O)C(O)CCCCCCCCCCCCCCCCCCCCCCCCCCCCCCCCC. The van der Waals surface area contributed by atoms with Gasteiger partial charge in [-0.3, -0.25) is 4.79 Å². The summed E-state index contributed by atoms with van der Waals surface area (Å²) in [4.78, 5) is 12.6. The van der Waals surface area contributed by atoms with Gasteiger partial charge in [0.2, 0.25) is 5.91 Å². The van der Waals surface area contributed by atoms with E-state index in [-0.39, 0.29) is 6.61 Å². The average molecular weight is 959 g/mol. The fourth-order valence-corrected chi connectivity index (χ4v) is 9.97. The summed E-state index contributed by atoms with van der Waals surface area (Å²) in [5, 5.41) is 33.4. The molecule has 0 heterocycles. The molecule has 0 saturated carbocycles. The number of hydrogen-bond donors (Lipinski definition) is 4. The lowest BCUT2D eigenvalue weighted by molar-refractivity contribution is -0.131. The van der Waals surface area contributed by atoms with Crippen LogP contribution in [-0.2, 0) is 4.79 Å². The lowest BCUT2D eigenvalue weighted by atomic mass is 10.0. The van der Waals surface area contributed by atoms with Crippen molar-refractivity contribution >= 4 is 5.91 Å². The first-order valence-corrected chi connectivity index (χ1v) is 31.2. The maximum atomic E-state index is 12.6. The molecular weight excluding hydrogens is 835 g/mol. The van der Waals surface area contributed by atoms with Gasteiger partial charge >= 0.3 is 0 Å². The van der Waals surface area contributed by atoms with Gasteiger partial charge in [-0.25, -0.2) is 0 Å². The number of allylic oxidation sites excluding steroid dienone is 3. The molecule has 0 saturated heterocycles. The van der Waals surface area contributed by atoms with Gasteiger partial charge in [0, 0.05) is 0 Å². The molecule has 4 N–H and O–H groups in total. The standard InChI is InChI=1S/C63H123NO4/c1-3-5-7-9-11-13-15-17-19-21-23-25-27-28-29-30-31-32-33-34-36-38-40-42-44-46-48-50-52-54-56-58-62(67)63(68)64-60(59-65)61(66)57-55-53-51-49-47-45-43-41-39-37-35-26-24-22-20-18-16-14-12-10-8-6-4-2/h47,49,55,57,60-62,65-67H,3-46,48,50-54,56,58-59H2,1-2H3,(H,64,68)/b49-47+,57-55+. The van der Waals surface area contributed by atoms with Gasteiger partial charge in [0.15, 0.2) is 0 Å². The molecule has 5 heteroatoms. The van der Waals surface area contributed by atoms with Crippen molar-refractivity contribution in [3.05, 3.63) is 24.3 Å². The second kappa shape index (κ2) is 58.4. The predicted octanol–water partition coefficient (Wildman–Crippen LogP) is 19.6. The molecular formula is C63H123NO4. The normalized spacial score (nSPS) is 13.3. The van der Waals surface area contributed by atoms with Crippen LogP contribution in [0.3, 0.4) is 0 Å².